The average Bonchev–Trinajstić information content (AvgIpc) is 2.17. The van der Waals surface area contributed by atoms with Gasteiger partial charge in [-0.25, -0.2) is 0 Å². The van der Waals surface area contributed by atoms with Gasteiger partial charge in [0.1, 0.15) is 0 Å². The molecule has 0 heterocycles. The van der Waals surface area contributed by atoms with Crippen molar-refractivity contribution in [2.75, 3.05) is 0 Å². The molecule has 0 radical (unpaired) electrons. The van der Waals surface area contributed by atoms with Crippen molar-refractivity contribution in [3.05, 3.63) is 0 Å². The third kappa shape index (κ3) is 1.46. The van der Waals surface area contributed by atoms with E-state index in [0.29, 0.717) is 18.2 Å². The first-order valence-electron chi connectivity index (χ1n) is 3.11. The summed E-state index contributed by atoms with van der Waals surface area (Å²) in [5, 5.41) is 0. The highest BCUT2D eigenvalue weighted by molar-refractivity contribution is 4.91. The molecule has 1 unspecified atom stereocenters. The van der Waals surface area contributed by atoms with Gasteiger partial charge in [0.15, 0.2) is 0 Å². The van der Waals surface area contributed by atoms with Crippen molar-refractivity contribution in [3.63, 3.8) is 0 Å². The van der Waals surface area contributed by atoms with Gasteiger partial charge in [0.25, 0.3) is 0 Å². The molecule has 0 aliphatic heterocycles. The highest BCUT2D eigenvalue weighted by Crippen LogP contribution is 2.23. The third-order valence-corrected chi connectivity index (χ3v) is 1.23. The minimum absolute atomic E-state index is 0.331. The molecule has 0 aromatic carbocycles. The van der Waals surface area contributed by atoms with Gasteiger partial charge in [0.2, 0.25) is 0 Å². The number of hydrogen-bond acceptors (Lipinski definition) is 2. The number of hydrogen-bond donors (Lipinski definition) is 1. The molecule has 2 atom stereocenters. The molecule has 0 saturated heterocycles. The fraction of sp³-hybridized carbons (Fsp3) is 1.00. The molecule has 1 aliphatic rings. The van der Waals surface area contributed by atoms with Gasteiger partial charge in [0.05, 0.1) is 12.2 Å². The van der Waals surface area contributed by atoms with Gasteiger partial charge in [-0.1, -0.05) is 0 Å². The number of nitrogens with two attached hydrogens (primary N) is 1. The second-order valence-corrected chi connectivity index (χ2v) is 2.62. The molecule has 0 bridgehead atoms. The lowest BCUT2D eigenvalue weighted by Crippen LogP contribution is -2.12. The van der Waals surface area contributed by atoms with E-state index in [-0.39, 0.29) is 0 Å². The van der Waals surface area contributed by atoms with Crippen molar-refractivity contribution in [3.8, 4) is 0 Å². The van der Waals surface area contributed by atoms with Gasteiger partial charge >= 0.3 is 0 Å². The summed E-state index contributed by atoms with van der Waals surface area (Å²) >= 11 is 0. The van der Waals surface area contributed by atoms with Gasteiger partial charge in [-0.05, 0) is 20.3 Å². The summed E-state index contributed by atoms with van der Waals surface area (Å²) in [5.41, 5.74) is 5.49. The Bertz CT molecular complexity index is 82.6. The smallest absolute Gasteiger partial charge is 0.0746 e. The van der Waals surface area contributed by atoms with Crippen LogP contribution in [-0.4, -0.2) is 18.2 Å². The Kier molecular flexibility index (Phi) is 1.54. The summed E-state index contributed by atoms with van der Waals surface area (Å²) in [7, 11) is 0. The van der Waals surface area contributed by atoms with Crippen molar-refractivity contribution in [1.82, 2.24) is 0 Å². The fourth-order valence-corrected chi connectivity index (χ4v) is 0.696. The van der Waals surface area contributed by atoms with Crippen molar-refractivity contribution in [1.29, 1.82) is 0 Å². The van der Waals surface area contributed by atoms with Gasteiger partial charge in [-0.3, -0.25) is 0 Å². The minimum atomic E-state index is 0.331. The molecule has 0 aromatic heterocycles. The molecule has 1 fully saturated rings. The van der Waals surface area contributed by atoms with Crippen LogP contribution in [0.1, 0.15) is 20.3 Å². The van der Waals surface area contributed by atoms with Crippen LogP contribution < -0.4 is 5.73 Å². The van der Waals surface area contributed by atoms with Crippen LogP contribution in [0.15, 0.2) is 0 Å². The number of ether oxygens (including phenoxy) is 1. The van der Waals surface area contributed by atoms with Crippen LogP contribution in [-0.2, 0) is 4.74 Å². The molecule has 2 heteroatoms. The van der Waals surface area contributed by atoms with Crippen molar-refractivity contribution in [2.45, 2.75) is 38.5 Å². The predicted octanol–water partition coefficient (Wildman–Crippen LogP) is 0.511. The van der Waals surface area contributed by atoms with E-state index in [4.69, 9.17) is 10.5 Å². The van der Waals surface area contributed by atoms with E-state index in [9.17, 15) is 0 Å². The third-order valence-electron chi connectivity index (χ3n) is 1.23. The van der Waals surface area contributed by atoms with Gasteiger partial charge in [-0.15, -0.1) is 0 Å². The Morgan fingerprint density at radius 3 is 2.25 bits per heavy atom. The molecule has 8 heavy (non-hydrogen) atoms. The standard InChI is InChI=1S/C6H13NO/c1-4(2)8-6-3-5(6)7/h4-6H,3,7H2,1-2H3/t5-,6?/m1/s1. The van der Waals surface area contributed by atoms with Crippen LogP contribution in [0.3, 0.4) is 0 Å². The van der Waals surface area contributed by atoms with Gasteiger partial charge in [0, 0.05) is 6.04 Å². The Balaban J connectivity index is 2.05. The van der Waals surface area contributed by atoms with Crippen LogP contribution in [0, 0.1) is 0 Å². The quantitative estimate of drug-likeness (QED) is 0.569. The lowest BCUT2D eigenvalue weighted by atomic mass is 10.5. The van der Waals surface area contributed by atoms with Gasteiger partial charge < -0.3 is 10.5 Å². The molecule has 48 valence electrons. The first-order chi connectivity index (χ1) is 3.70. The summed E-state index contributed by atoms with van der Waals surface area (Å²) in [4.78, 5) is 0. The molecule has 0 spiro atoms. The maximum atomic E-state index is 5.49. The lowest BCUT2D eigenvalue weighted by molar-refractivity contribution is 0.0619. The van der Waals surface area contributed by atoms with Crippen molar-refractivity contribution in [2.24, 2.45) is 5.73 Å². The first kappa shape index (κ1) is 6.05. The second kappa shape index (κ2) is 2.03. The molecular formula is C6H13NO. The predicted molar refractivity (Wildman–Crippen MR) is 32.6 cm³/mol. The maximum Gasteiger partial charge on any atom is 0.0746 e. The van der Waals surface area contributed by atoms with E-state index in [1.165, 1.54) is 0 Å². The van der Waals surface area contributed by atoms with Gasteiger partial charge in [-0.2, -0.15) is 0 Å². The summed E-state index contributed by atoms with van der Waals surface area (Å²) in [6.07, 6.45) is 1.77. The van der Waals surface area contributed by atoms with E-state index in [0.717, 1.165) is 6.42 Å². The van der Waals surface area contributed by atoms with Crippen LogP contribution in [0.4, 0.5) is 0 Å². The molecule has 1 rings (SSSR count). The Labute approximate surface area is 50.0 Å². The molecule has 1 saturated carbocycles. The van der Waals surface area contributed by atoms with Crippen LogP contribution in [0.25, 0.3) is 0 Å². The van der Waals surface area contributed by atoms with E-state index < -0.39 is 0 Å². The molecule has 0 aromatic rings. The maximum absolute atomic E-state index is 5.49. The number of rotatable bonds is 2. The van der Waals surface area contributed by atoms with E-state index in [1.54, 1.807) is 0 Å². The van der Waals surface area contributed by atoms with Crippen LogP contribution in [0.5, 0.6) is 0 Å². The molecule has 2 N–H and O–H groups in total. The zero-order valence-corrected chi connectivity index (χ0v) is 5.42. The van der Waals surface area contributed by atoms with E-state index in [1.807, 2.05) is 13.8 Å². The summed E-state index contributed by atoms with van der Waals surface area (Å²) in [5.74, 6) is 0. The summed E-state index contributed by atoms with van der Waals surface area (Å²) in [6.45, 7) is 4.07. The Morgan fingerprint density at radius 1 is 1.62 bits per heavy atom. The minimum Gasteiger partial charge on any atom is -0.374 e. The Hall–Kier alpha value is -0.0800. The first-order valence-corrected chi connectivity index (χ1v) is 3.11. The molecule has 2 nitrogen and oxygen atoms in total. The highest BCUT2D eigenvalue weighted by Gasteiger charge is 2.34. The zero-order valence-electron chi connectivity index (χ0n) is 5.42. The summed E-state index contributed by atoms with van der Waals surface area (Å²) in [6, 6.07) is 0.331. The van der Waals surface area contributed by atoms with Crippen molar-refractivity contribution < 1.29 is 4.74 Å². The van der Waals surface area contributed by atoms with Crippen LogP contribution in [0.2, 0.25) is 0 Å². The lowest BCUT2D eigenvalue weighted by Gasteiger charge is -2.03. The van der Waals surface area contributed by atoms with E-state index >= 15 is 0 Å². The molecule has 1 aliphatic carbocycles. The fourth-order valence-electron chi connectivity index (χ4n) is 0.696. The zero-order chi connectivity index (χ0) is 6.15. The summed E-state index contributed by atoms with van der Waals surface area (Å²) < 4.78 is 5.35. The van der Waals surface area contributed by atoms with E-state index in [2.05, 4.69) is 0 Å². The topological polar surface area (TPSA) is 35.2 Å². The second-order valence-electron chi connectivity index (χ2n) is 2.62. The normalized spacial score (nSPS) is 36.0. The van der Waals surface area contributed by atoms with Crippen molar-refractivity contribution >= 4 is 0 Å². The largest absolute Gasteiger partial charge is 0.374 e. The van der Waals surface area contributed by atoms with Crippen LogP contribution >= 0.6 is 0 Å². The highest BCUT2D eigenvalue weighted by atomic mass is 16.5. The Morgan fingerprint density at radius 2 is 2.12 bits per heavy atom. The SMILES string of the molecule is CC(C)OC1C[C@H]1N. The molecule has 0 amide bonds. The monoisotopic (exact) mass is 115 g/mol. The average molecular weight is 115 g/mol. The molecular weight excluding hydrogens is 102 g/mol.